The zero-order valence-corrected chi connectivity index (χ0v) is 11.8. The summed E-state index contributed by atoms with van der Waals surface area (Å²) in [7, 11) is -1.05. The molecule has 0 aliphatic carbocycles. The minimum atomic E-state index is -1.05. The lowest BCUT2D eigenvalue weighted by atomic mass is 10.1. The van der Waals surface area contributed by atoms with E-state index in [4.69, 9.17) is 0 Å². The van der Waals surface area contributed by atoms with Crippen molar-refractivity contribution in [1.29, 1.82) is 0 Å². The molecule has 1 heterocycles. The van der Waals surface area contributed by atoms with Crippen molar-refractivity contribution >= 4 is 16.7 Å². The molecular weight excluding hydrogens is 236 g/mol. The molecule has 0 aromatic rings. The largest absolute Gasteiger partial charge is 0.353 e. The average molecular weight is 260 g/mol. The quantitative estimate of drug-likeness (QED) is 0.706. The van der Waals surface area contributed by atoms with Gasteiger partial charge in [-0.1, -0.05) is 13.3 Å². The van der Waals surface area contributed by atoms with Crippen LogP contribution in [0.4, 0.5) is 0 Å². The Bertz CT molecular complexity index is 280. The minimum absolute atomic E-state index is 0.0726. The number of carbonyl (C=O) groups excluding carboxylic acids is 1. The maximum absolute atomic E-state index is 11.9. The molecule has 2 N–H and O–H groups in total. The van der Waals surface area contributed by atoms with Crippen molar-refractivity contribution in [2.24, 2.45) is 5.92 Å². The molecule has 3 unspecified atom stereocenters. The van der Waals surface area contributed by atoms with E-state index in [0.717, 1.165) is 25.9 Å². The summed E-state index contributed by atoms with van der Waals surface area (Å²) >= 11 is 0. The summed E-state index contributed by atoms with van der Waals surface area (Å²) < 4.78 is 11.9. The summed E-state index contributed by atoms with van der Waals surface area (Å²) in [6.07, 6.45) is 2.02. The SMILES string of the molecule is CCCC(C)NC(=O)C(C)S(=O)CC1CNC1. The standard InChI is InChI=1S/C12H24N2O2S/c1-4-5-9(2)14-12(15)10(3)17(16)8-11-6-13-7-11/h9-11,13H,4-8H2,1-3H3,(H,14,15). The highest BCUT2D eigenvalue weighted by atomic mass is 32.2. The first kappa shape index (κ1) is 14.6. The number of nitrogens with one attached hydrogen (secondary N) is 2. The van der Waals surface area contributed by atoms with Gasteiger partial charge in [0.05, 0.1) is 0 Å². The Morgan fingerprint density at radius 3 is 2.59 bits per heavy atom. The Morgan fingerprint density at radius 1 is 1.47 bits per heavy atom. The fraction of sp³-hybridized carbons (Fsp3) is 0.917. The predicted molar refractivity (Wildman–Crippen MR) is 71.3 cm³/mol. The van der Waals surface area contributed by atoms with Crippen LogP contribution < -0.4 is 10.6 Å². The molecule has 1 aliphatic rings. The first-order valence-corrected chi connectivity index (χ1v) is 7.81. The smallest absolute Gasteiger partial charge is 0.235 e. The van der Waals surface area contributed by atoms with Crippen molar-refractivity contribution in [3.8, 4) is 0 Å². The maximum Gasteiger partial charge on any atom is 0.235 e. The summed E-state index contributed by atoms with van der Waals surface area (Å²) in [5.41, 5.74) is 0. The Morgan fingerprint density at radius 2 is 2.12 bits per heavy atom. The van der Waals surface area contributed by atoms with Crippen LogP contribution in [0, 0.1) is 5.92 Å². The lowest BCUT2D eigenvalue weighted by molar-refractivity contribution is -0.121. The van der Waals surface area contributed by atoms with Crippen LogP contribution in [0.5, 0.6) is 0 Å². The van der Waals surface area contributed by atoms with Crippen LogP contribution in [0.25, 0.3) is 0 Å². The predicted octanol–water partition coefficient (Wildman–Crippen LogP) is 0.648. The molecule has 17 heavy (non-hydrogen) atoms. The van der Waals surface area contributed by atoms with Gasteiger partial charge < -0.3 is 10.6 Å². The Balaban J connectivity index is 2.31. The second-order valence-electron chi connectivity index (χ2n) is 4.91. The summed E-state index contributed by atoms with van der Waals surface area (Å²) in [5, 5.41) is 5.68. The van der Waals surface area contributed by atoms with Crippen molar-refractivity contribution < 1.29 is 9.00 Å². The molecular formula is C12H24N2O2S. The van der Waals surface area contributed by atoms with E-state index >= 15 is 0 Å². The number of amides is 1. The molecule has 0 aromatic carbocycles. The van der Waals surface area contributed by atoms with Gasteiger partial charge in [-0.2, -0.15) is 0 Å². The average Bonchev–Trinajstić information content (AvgIpc) is 2.22. The monoisotopic (exact) mass is 260 g/mol. The third-order valence-corrected chi connectivity index (χ3v) is 4.94. The van der Waals surface area contributed by atoms with Gasteiger partial charge in [-0.05, 0) is 26.2 Å². The van der Waals surface area contributed by atoms with Gasteiger partial charge in [0.1, 0.15) is 5.25 Å². The normalized spacial score (nSPS) is 21.4. The molecule has 100 valence electrons. The summed E-state index contributed by atoms with van der Waals surface area (Å²) in [5.74, 6) is 1.06. The highest BCUT2D eigenvalue weighted by Gasteiger charge is 2.26. The summed E-state index contributed by atoms with van der Waals surface area (Å²) in [4.78, 5) is 11.8. The zero-order chi connectivity index (χ0) is 12.8. The van der Waals surface area contributed by atoms with E-state index in [1.165, 1.54) is 0 Å². The van der Waals surface area contributed by atoms with Crippen molar-refractivity contribution in [2.45, 2.75) is 44.9 Å². The molecule has 0 aromatic heterocycles. The minimum Gasteiger partial charge on any atom is -0.353 e. The molecule has 0 bridgehead atoms. The van der Waals surface area contributed by atoms with Crippen molar-refractivity contribution in [3.05, 3.63) is 0 Å². The molecule has 4 nitrogen and oxygen atoms in total. The Kier molecular flexibility index (Phi) is 6.12. The second-order valence-corrected chi connectivity index (χ2v) is 6.71. The Labute approximate surface area is 106 Å². The first-order chi connectivity index (χ1) is 8.04. The van der Waals surface area contributed by atoms with Gasteiger partial charge in [-0.3, -0.25) is 9.00 Å². The number of hydrogen-bond acceptors (Lipinski definition) is 3. The van der Waals surface area contributed by atoms with Crippen LogP contribution in [0.1, 0.15) is 33.6 Å². The van der Waals surface area contributed by atoms with Crippen LogP contribution in [-0.2, 0) is 15.6 Å². The van der Waals surface area contributed by atoms with E-state index in [0.29, 0.717) is 11.7 Å². The molecule has 3 atom stereocenters. The third kappa shape index (κ3) is 4.76. The van der Waals surface area contributed by atoms with E-state index in [1.54, 1.807) is 6.92 Å². The third-order valence-electron chi connectivity index (χ3n) is 3.14. The van der Waals surface area contributed by atoms with E-state index in [-0.39, 0.29) is 11.9 Å². The number of carbonyl (C=O) groups is 1. The van der Waals surface area contributed by atoms with Gasteiger partial charge in [-0.25, -0.2) is 0 Å². The number of rotatable bonds is 7. The molecule has 1 fully saturated rings. The van der Waals surface area contributed by atoms with E-state index in [1.807, 2.05) is 6.92 Å². The fourth-order valence-corrected chi connectivity index (χ4v) is 3.12. The van der Waals surface area contributed by atoms with Gasteiger partial charge in [0, 0.05) is 35.7 Å². The molecule has 0 radical (unpaired) electrons. The molecule has 0 spiro atoms. The number of hydrogen-bond donors (Lipinski definition) is 2. The molecule has 1 aliphatic heterocycles. The van der Waals surface area contributed by atoms with E-state index < -0.39 is 16.0 Å². The molecule has 5 heteroatoms. The summed E-state index contributed by atoms with van der Waals surface area (Å²) in [6, 6.07) is 0.178. The molecule has 0 saturated carbocycles. The second kappa shape index (κ2) is 7.11. The van der Waals surface area contributed by atoms with Crippen LogP contribution in [-0.4, -0.2) is 40.3 Å². The van der Waals surface area contributed by atoms with Gasteiger partial charge in [0.15, 0.2) is 0 Å². The van der Waals surface area contributed by atoms with Gasteiger partial charge >= 0.3 is 0 Å². The topological polar surface area (TPSA) is 58.2 Å². The lowest BCUT2D eigenvalue weighted by Crippen LogP contribution is -2.47. The van der Waals surface area contributed by atoms with Crippen molar-refractivity contribution in [1.82, 2.24) is 10.6 Å². The van der Waals surface area contributed by atoms with Gasteiger partial charge in [-0.15, -0.1) is 0 Å². The molecule has 1 rings (SSSR count). The maximum atomic E-state index is 11.9. The fourth-order valence-electron chi connectivity index (χ4n) is 1.83. The first-order valence-electron chi connectivity index (χ1n) is 6.42. The van der Waals surface area contributed by atoms with Crippen molar-refractivity contribution in [3.63, 3.8) is 0 Å². The van der Waals surface area contributed by atoms with Crippen LogP contribution in [0.3, 0.4) is 0 Å². The zero-order valence-electron chi connectivity index (χ0n) is 11.0. The van der Waals surface area contributed by atoms with E-state index in [2.05, 4.69) is 17.6 Å². The highest BCUT2D eigenvalue weighted by molar-refractivity contribution is 7.86. The van der Waals surface area contributed by atoms with Gasteiger partial charge in [0.2, 0.25) is 5.91 Å². The highest BCUT2D eigenvalue weighted by Crippen LogP contribution is 2.09. The van der Waals surface area contributed by atoms with Crippen LogP contribution >= 0.6 is 0 Å². The van der Waals surface area contributed by atoms with Crippen molar-refractivity contribution in [2.75, 3.05) is 18.8 Å². The molecule has 1 amide bonds. The lowest BCUT2D eigenvalue weighted by Gasteiger charge is -2.27. The summed E-state index contributed by atoms with van der Waals surface area (Å²) in [6.45, 7) is 7.72. The Hall–Kier alpha value is -0.420. The molecule has 1 saturated heterocycles. The van der Waals surface area contributed by atoms with Crippen LogP contribution in [0.2, 0.25) is 0 Å². The van der Waals surface area contributed by atoms with Crippen LogP contribution in [0.15, 0.2) is 0 Å². The van der Waals surface area contributed by atoms with E-state index in [9.17, 15) is 9.00 Å². The van der Waals surface area contributed by atoms with Gasteiger partial charge in [0.25, 0.3) is 0 Å².